The summed E-state index contributed by atoms with van der Waals surface area (Å²) in [5, 5.41) is 11.7. The summed E-state index contributed by atoms with van der Waals surface area (Å²) < 4.78 is 12.1. The molecule has 3 aromatic carbocycles. The van der Waals surface area contributed by atoms with Gasteiger partial charge in [0.1, 0.15) is 11.3 Å². The van der Waals surface area contributed by atoms with E-state index in [1.807, 2.05) is 67.6 Å². The molecule has 4 aromatic rings. The Morgan fingerprint density at radius 1 is 1.09 bits per heavy atom. The molecule has 1 aliphatic heterocycles. The molecule has 0 saturated heterocycles. The maximum Gasteiger partial charge on any atom is 0.290 e. The largest absolute Gasteiger partial charge is 0.503 e. The highest BCUT2D eigenvalue weighted by atomic mass is 79.9. The van der Waals surface area contributed by atoms with Gasteiger partial charge < -0.3 is 19.2 Å². The molecule has 1 atom stereocenters. The number of carbonyl (C=O) groups is 2. The summed E-state index contributed by atoms with van der Waals surface area (Å²) in [5.41, 5.74) is 2.99. The van der Waals surface area contributed by atoms with Crippen molar-refractivity contribution < 1.29 is 23.8 Å². The van der Waals surface area contributed by atoms with Gasteiger partial charge in [0.25, 0.3) is 5.91 Å². The summed E-state index contributed by atoms with van der Waals surface area (Å²) in [7, 11) is 1.56. The SMILES string of the molecule is COc1ccccc1CN1C(=O)C(O)=C(C(=O)c2cc3cc(Br)ccc3o2)C1c1cccc(C)c1. The lowest BCUT2D eigenvalue weighted by atomic mass is 9.94. The summed E-state index contributed by atoms with van der Waals surface area (Å²) >= 11 is 3.42. The number of halogens is 1. The lowest BCUT2D eigenvalue weighted by molar-refractivity contribution is -0.130. The minimum Gasteiger partial charge on any atom is -0.503 e. The van der Waals surface area contributed by atoms with Crippen LogP contribution in [0.1, 0.15) is 33.3 Å². The standard InChI is InChI=1S/C28H22BrNO5/c1-16-6-5-8-17(12-16)25-24(26(31)23-14-19-13-20(29)10-11-22(19)35-23)27(32)28(33)30(25)15-18-7-3-4-9-21(18)34-2/h3-14,25,32H,15H2,1-2H3. The zero-order valence-corrected chi connectivity index (χ0v) is 20.7. The molecule has 0 spiro atoms. The number of ether oxygens (including phenoxy) is 1. The van der Waals surface area contributed by atoms with Crippen molar-refractivity contribution in [2.24, 2.45) is 0 Å². The van der Waals surface area contributed by atoms with E-state index in [0.29, 0.717) is 11.3 Å². The van der Waals surface area contributed by atoms with Crippen molar-refractivity contribution in [1.29, 1.82) is 0 Å². The Balaban J connectivity index is 1.61. The Morgan fingerprint density at radius 3 is 2.66 bits per heavy atom. The maximum atomic E-state index is 13.7. The molecule has 2 heterocycles. The van der Waals surface area contributed by atoms with Gasteiger partial charge in [0.2, 0.25) is 5.78 Å². The molecule has 0 aliphatic carbocycles. The van der Waals surface area contributed by atoms with Gasteiger partial charge in [-0.1, -0.05) is 64.0 Å². The average molecular weight is 532 g/mol. The summed E-state index contributed by atoms with van der Waals surface area (Å²) in [6.07, 6.45) is 0. The monoisotopic (exact) mass is 531 g/mol. The number of benzene rings is 3. The average Bonchev–Trinajstić information content (AvgIpc) is 3.38. The van der Waals surface area contributed by atoms with E-state index in [0.717, 1.165) is 26.5 Å². The van der Waals surface area contributed by atoms with Crippen LogP contribution in [0.5, 0.6) is 5.75 Å². The Kier molecular flexibility index (Phi) is 5.94. The molecule has 1 N–H and O–H groups in total. The minimum absolute atomic E-state index is 0.00591. The molecule has 0 radical (unpaired) electrons. The second-order valence-electron chi connectivity index (χ2n) is 8.45. The lowest BCUT2D eigenvalue weighted by Crippen LogP contribution is -2.31. The predicted molar refractivity (Wildman–Crippen MR) is 135 cm³/mol. The molecule has 1 aromatic heterocycles. The number of rotatable bonds is 6. The zero-order chi connectivity index (χ0) is 24.7. The summed E-state index contributed by atoms with van der Waals surface area (Å²) in [6.45, 7) is 2.09. The molecule has 7 heteroatoms. The van der Waals surface area contributed by atoms with Crippen LogP contribution in [0, 0.1) is 6.92 Å². The summed E-state index contributed by atoms with van der Waals surface area (Å²) in [6, 6.07) is 21.2. The number of fused-ring (bicyclic) bond motifs is 1. The third kappa shape index (κ3) is 4.12. The topological polar surface area (TPSA) is 80.0 Å². The van der Waals surface area contributed by atoms with Gasteiger partial charge in [0, 0.05) is 15.4 Å². The Morgan fingerprint density at radius 2 is 1.89 bits per heavy atom. The maximum absolute atomic E-state index is 13.7. The first-order valence-electron chi connectivity index (χ1n) is 11.0. The van der Waals surface area contributed by atoms with E-state index in [9.17, 15) is 14.7 Å². The van der Waals surface area contributed by atoms with Crippen LogP contribution in [0.4, 0.5) is 0 Å². The number of methoxy groups -OCH3 is 1. The van der Waals surface area contributed by atoms with Crippen molar-refractivity contribution >= 4 is 38.6 Å². The van der Waals surface area contributed by atoms with E-state index in [1.165, 1.54) is 4.90 Å². The fourth-order valence-electron chi connectivity index (χ4n) is 4.51. The first-order valence-corrected chi connectivity index (χ1v) is 11.8. The van der Waals surface area contributed by atoms with Gasteiger partial charge in [-0.15, -0.1) is 0 Å². The van der Waals surface area contributed by atoms with E-state index < -0.39 is 23.5 Å². The van der Waals surface area contributed by atoms with Gasteiger partial charge in [-0.2, -0.15) is 0 Å². The minimum atomic E-state index is -0.792. The fraction of sp³-hybridized carbons (Fsp3) is 0.143. The van der Waals surface area contributed by atoms with Crippen molar-refractivity contribution in [2.75, 3.05) is 7.11 Å². The normalized spacial score (nSPS) is 15.8. The number of hydrogen-bond acceptors (Lipinski definition) is 5. The van der Waals surface area contributed by atoms with Crippen LogP contribution in [0.3, 0.4) is 0 Å². The third-order valence-corrected chi connectivity index (χ3v) is 6.63. The lowest BCUT2D eigenvalue weighted by Gasteiger charge is -2.27. The van der Waals surface area contributed by atoms with Crippen molar-refractivity contribution in [3.63, 3.8) is 0 Å². The third-order valence-electron chi connectivity index (χ3n) is 6.14. The molecular formula is C28H22BrNO5. The van der Waals surface area contributed by atoms with Crippen molar-refractivity contribution in [2.45, 2.75) is 19.5 Å². The van der Waals surface area contributed by atoms with Crippen LogP contribution in [-0.2, 0) is 11.3 Å². The van der Waals surface area contributed by atoms with Gasteiger partial charge in [-0.3, -0.25) is 9.59 Å². The highest BCUT2D eigenvalue weighted by Crippen LogP contribution is 2.41. The second-order valence-corrected chi connectivity index (χ2v) is 9.36. The van der Waals surface area contributed by atoms with Crippen LogP contribution in [-0.4, -0.2) is 28.8 Å². The Hall–Kier alpha value is -3.84. The zero-order valence-electron chi connectivity index (χ0n) is 19.1. The molecule has 176 valence electrons. The molecule has 1 unspecified atom stereocenters. The molecule has 0 saturated carbocycles. The van der Waals surface area contributed by atoms with Crippen molar-refractivity contribution in [3.8, 4) is 5.75 Å². The van der Waals surface area contributed by atoms with Gasteiger partial charge in [-0.25, -0.2) is 0 Å². The highest BCUT2D eigenvalue weighted by Gasteiger charge is 2.44. The number of carbonyl (C=O) groups excluding carboxylic acids is 2. The van der Waals surface area contributed by atoms with Crippen LogP contribution in [0.15, 0.2) is 93.0 Å². The number of para-hydroxylation sites is 1. The summed E-state index contributed by atoms with van der Waals surface area (Å²) in [5.74, 6) is -1.05. The van der Waals surface area contributed by atoms with Crippen LogP contribution >= 0.6 is 15.9 Å². The number of hydrogen-bond donors (Lipinski definition) is 1. The second kappa shape index (κ2) is 9.07. The van der Waals surface area contributed by atoms with E-state index in [4.69, 9.17) is 9.15 Å². The van der Waals surface area contributed by atoms with Gasteiger partial charge >= 0.3 is 0 Å². The molecule has 5 rings (SSSR count). The molecule has 1 amide bonds. The van der Waals surface area contributed by atoms with Gasteiger partial charge in [0.15, 0.2) is 11.5 Å². The smallest absolute Gasteiger partial charge is 0.290 e. The number of furan rings is 1. The molecule has 6 nitrogen and oxygen atoms in total. The summed E-state index contributed by atoms with van der Waals surface area (Å²) in [4.78, 5) is 28.5. The van der Waals surface area contributed by atoms with Crippen molar-refractivity contribution in [3.05, 3.63) is 111 Å². The number of aliphatic hydroxyl groups is 1. The van der Waals surface area contributed by atoms with Crippen molar-refractivity contribution in [1.82, 2.24) is 4.90 Å². The van der Waals surface area contributed by atoms with Gasteiger partial charge in [-0.05, 0) is 42.8 Å². The number of aliphatic hydroxyl groups excluding tert-OH is 1. The fourth-order valence-corrected chi connectivity index (χ4v) is 4.89. The van der Waals surface area contributed by atoms with E-state index in [-0.39, 0.29) is 17.9 Å². The van der Waals surface area contributed by atoms with Gasteiger partial charge in [0.05, 0.1) is 25.3 Å². The molecule has 35 heavy (non-hydrogen) atoms. The number of aryl methyl sites for hydroxylation is 1. The predicted octanol–water partition coefficient (Wildman–Crippen LogP) is 6.29. The molecule has 0 fully saturated rings. The first-order chi connectivity index (χ1) is 16.9. The van der Waals surface area contributed by atoms with Crippen LogP contribution in [0.2, 0.25) is 0 Å². The highest BCUT2D eigenvalue weighted by molar-refractivity contribution is 9.10. The molecule has 1 aliphatic rings. The quantitative estimate of drug-likeness (QED) is 0.295. The van der Waals surface area contributed by atoms with E-state index in [2.05, 4.69) is 15.9 Å². The van der Waals surface area contributed by atoms with Crippen LogP contribution in [0.25, 0.3) is 11.0 Å². The van der Waals surface area contributed by atoms with E-state index in [1.54, 1.807) is 19.2 Å². The van der Waals surface area contributed by atoms with Crippen LogP contribution < -0.4 is 4.74 Å². The number of Topliss-reactive ketones (excluding diaryl/α,β-unsaturated/α-hetero) is 1. The number of nitrogens with zero attached hydrogens (tertiary/aromatic N) is 1. The number of amides is 1. The molecule has 0 bridgehead atoms. The Bertz CT molecular complexity index is 1500. The first kappa shape index (κ1) is 22.9. The van der Waals surface area contributed by atoms with E-state index >= 15 is 0 Å². The number of ketones is 1. The Labute approximate surface area is 210 Å². The molecular weight excluding hydrogens is 510 g/mol.